The number of hydrogen-bond acceptors (Lipinski definition) is 7. The molecule has 2 aromatic heterocycles. The average Bonchev–Trinajstić information content (AvgIpc) is 3.05. The predicted octanol–water partition coefficient (Wildman–Crippen LogP) is 2.94. The van der Waals surface area contributed by atoms with E-state index in [1.54, 1.807) is 0 Å². The summed E-state index contributed by atoms with van der Waals surface area (Å²) >= 11 is 0. The Kier molecular flexibility index (Phi) is 5.96. The van der Waals surface area contributed by atoms with E-state index in [0.29, 0.717) is 11.8 Å². The monoisotopic (exact) mass is 395 g/mol. The van der Waals surface area contributed by atoms with Crippen LogP contribution < -0.4 is 15.6 Å². The maximum Gasteiger partial charge on any atom is 0.147 e. The molecule has 1 fully saturated rings. The fourth-order valence-electron chi connectivity index (χ4n) is 4.88. The molecule has 29 heavy (non-hydrogen) atoms. The summed E-state index contributed by atoms with van der Waals surface area (Å²) in [6.07, 6.45) is 8.06. The topological polar surface area (TPSA) is 69.2 Å². The van der Waals surface area contributed by atoms with Crippen LogP contribution in [0, 0.1) is 17.8 Å². The zero-order valence-electron chi connectivity index (χ0n) is 18.0. The van der Waals surface area contributed by atoms with E-state index in [-0.39, 0.29) is 6.04 Å². The summed E-state index contributed by atoms with van der Waals surface area (Å²) in [5.41, 5.74) is 5.43. The molecule has 2 aromatic rings. The van der Waals surface area contributed by atoms with Gasteiger partial charge < -0.3 is 15.6 Å². The summed E-state index contributed by atoms with van der Waals surface area (Å²) < 4.78 is 0. The first-order valence-corrected chi connectivity index (χ1v) is 10.7. The first-order chi connectivity index (χ1) is 14.1. The molecule has 0 amide bonds. The van der Waals surface area contributed by atoms with Gasteiger partial charge in [-0.2, -0.15) is 0 Å². The van der Waals surface area contributed by atoms with Crippen molar-refractivity contribution in [1.82, 2.24) is 25.3 Å². The van der Waals surface area contributed by atoms with E-state index in [1.807, 2.05) is 31.7 Å². The van der Waals surface area contributed by atoms with Crippen LogP contribution in [0.5, 0.6) is 0 Å². The lowest BCUT2D eigenvalue weighted by molar-refractivity contribution is 0.236. The summed E-state index contributed by atoms with van der Waals surface area (Å²) in [4.78, 5) is 16.5. The Bertz CT molecular complexity index is 824. The van der Waals surface area contributed by atoms with Gasteiger partial charge >= 0.3 is 0 Å². The second kappa shape index (κ2) is 8.63. The lowest BCUT2D eigenvalue weighted by atomic mass is 9.80. The van der Waals surface area contributed by atoms with Crippen LogP contribution in [0.1, 0.15) is 44.0 Å². The second-order valence-corrected chi connectivity index (χ2v) is 8.81. The normalized spacial score (nSPS) is 24.6. The van der Waals surface area contributed by atoms with E-state index in [9.17, 15) is 0 Å². The number of anilines is 2. The van der Waals surface area contributed by atoms with Crippen LogP contribution in [0.3, 0.4) is 0 Å². The first kappa shape index (κ1) is 20.0. The molecule has 4 heterocycles. The molecule has 1 saturated heterocycles. The zero-order chi connectivity index (χ0) is 20.4. The number of piperidine rings is 1. The van der Waals surface area contributed by atoms with Crippen molar-refractivity contribution >= 4 is 11.6 Å². The lowest BCUT2D eigenvalue weighted by Gasteiger charge is -2.40. The Morgan fingerprint density at radius 2 is 2.14 bits per heavy atom. The van der Waals surface area contributed by atoms with Crippen LogP contribution in [0.2, 0.25) is 0 Å². The van der Waals surface area contributed by atoms with Crippen LogP contribution >= 0.6 is 0 Å². The Balaban J connectivity index is 1.56. The molecule has 4 rings (SSSR count). The van der Waals surface area contributed by atoms with Gasteiger partial charge in [-0.1, -0.05) is 19.9 Å². The molecule has 0 bridgehead atoms. The van der Waals surface area contributed by atoms with Crippen molar-refractivity contribution in [1.29, 1.82) is 0 Å². The smallest absolute Gasteiger partial charge is 0.147 e. The van der Waals surface area contributed by atoms with Crippen LogP contribution in [-0.4, -0.2) is 53.7 Å². The molecule has 0 spiro atoms. The lowest BCUT2D eigenvalue weighted by Crippen LogP contribution is -2.44. The molecule has 2 aliphatic rings. The summed E-state index contributed by atoms with van der Waals surface area (Å²) in [5.74, 6) is 4.02. The molecule has 0 aromatic carbocycles. The highest BCUT2D eigenvalue weighted by atomic mass is 15.5. The third kappa shape index (κ3) is 4.21. The predicted molar refractivity (Wildman–Crippen MR) is 117 cm³/mol. The summed E-state index contributed by atoms with van der Waals surface area (Å²) in [6, 6.07) is 4.12. The van der Waals surface area contributed by atoms with Gasteiger partial charge in [-0.25, -0.2) is 15.0 Å². The number of nitrogens with zero attached hydrogens (tertiary/aromatic N) is 5. The Hall–Kier alpha value is -2.25. The second-order valence-electron chi connectivity index (χ2n) is 8.81. The molecule has 3 unspecified atom stereocenters. The Morgan fingerprint density at radius 3 is 2.93 bits per heavy atom. The highest BCUT2D eigenvalue weighted by Gasteiger charge is 2.33. The van der Waals surface area contributed by atoms with Crippen molar-refractivity contribution in [3.63, 3.8) is 0 Å². The number of fused-ring (bicyclic) bond motifs is 1. The number of rotatable bonds is 6. The SMILES string of the molecule is CNCC1CCN(c2cncc(C3c4cccnc4NN3C)n2)CC1CC(C)C. The molecule has 2 N–H and O–H groups in total. The third-order valence-electron chi connectivity index (χ3n) is 6.18. The number of pyridine rings is 1. The van der Waals surface area contributed by atoms with Crippen LogP contribution in [0.25, 0.3) is 0 Å². The van der Waals surface area contributed by atoms with Crippen LogP contribution in [0.15, 0.2) is 30.7 Å². The van der Waals surface area contributed by atoms with Crippen LogP contribution in [-0.2, 0) is 0 Å². The van der Waals surface area contributed by atoms with E-state index in [1.165, 1.54) is 12.8 Å². The molecule has 3 atom stereocenters. The van der Waals surface area contributed by atoms with Gasteiger partial charge in [0.05, 0.1) is 18.1 Å². The van der Waals surface area contributed by atoms with E-state index in [4.69, 9.17) is 4.98 Å². The quantitative estimate of drug-likeness (QED) is 0.779. The van der Waals surface area contributed by atoms with Gasteiger partial charge in [-0.15, -0.1) is 0 Å². The van der Waals surface area contributed by atoms with Crippen molar-refractivity contribution in [2.75, 3.05) is 44.1 Å². The van der Waals surface area contributed by atoms with Gasteiger partial charge in [-0.3, -0.25) is 4.98 Å². The minimum Gasteiger partial charge on any atom is -0.355 e. The van der Waals surface area contributed by atoms with Gasteiger partial charge in [0.15, 0.2) is 0 Å². The fraction of sp³-hybridized carbons (Fsp3) is 0.591. The van der Waals surface area contributed by atoms with Crippen molar-refractivity contribution in [3.8, 4) is 0 Å². The summed E-state index contributed by atoms with van der Waals surface area (Å²) in [6.45, 7) is 7.84. The first-order valence-electron chi connectivity index (χ1n) is 10.7. The maximum absolute atomic E-state index is 5.05. The van der Waals surface area contributed by atoms with Gasteiger partial charge in [0.2, 0.25) is 0 Å². The zero-order valence-corrected chi connectivity index (χ0v) is 18.0. The molecular formula is C22H33N7. The van der Waals surface area contributed by atoms with Crippen molar-refractivity contribution < 1.29 is 0 Å². The number of hydrogen-bond donors (Lipinski definition) is 2. The van der Waals surface area contributed by atoms with Gasteiger partial charge in [0.1, 0.15) is 17.7 Å². The van der Waals surface area contributed by atoms with Gasteiger partial charge in [-0.05, 0) is 50.3 Å². The maximum atomic E-state index is 5.05. The minimum absolute atomic E-state index is 0.0273. The largest absolute Gasteiger partial charge is 0.355 e. The van der Waals surface area contributed by atoms with E-state index in [0.717, 1.165) is 48.4 Å². The highest BCUT2D eigenvalue weighted by molar-refractivity contribution is 5.52. The molecule has 7 nitrogen and oxygen atoms in total. The van der Waals surface area contributed by atoms with Gasteiger partial charge in [0.25, 0.3) is 0 Å². The molecule has 7 heteroatoms. The van der Waals surface area contributed by atoms with Crippen molar-refractivity contribution in [2.45, 2.75) is 32.7 Å². The standard InChI is InChI=1S/C22H33N7/c1-15(2)10-17-14-29(9-7-16(17)11-23-3)20-13-24-12-19(26-20)21-18-6-5-8-25-22(18)27-28(21)4/h5-6,8,12-13,15-17,21,23H,7,9-11,14H2,1-4H3,(H,25,27). The average molecular weight is 396 g/mol. The molecule has 0 radical (unpaired) electrons. The minimum atomic E-state index is 0.0273. The molecule has 0 aliphatic carbocycles. The van der Waals surface area contributed by atoms with E-state index >= 15 is 0 Å². The fourth-order valence-corrected chi connectivity index (χ4v) is 4.88. The Labute approximate surface area is 173 Å². The number of hydrazine groups is 1. The molecule has 0 saturated carbocycles. The number of aromatic nitrogens is 3. The van der Waals surface area contributed by atoms with Crippen molar-refractivity contribution in [2.24, 2.45) is 17.8 Å². The highest BCUT2D eigenvalue weighted by Crippen LogP contribution is 2.37. The molecule has 2 aliphatic heterocycles. The Morgan fingerprint density at radius 1 is 1.28 bits per heavy atom. The summed E-state index contributed by atoms with van der Waals surface area (Å²) in [5, 5.41) is 5.45. The van der Waals surface area contributed by atoms with E-state index in [2.05, 4.69) is 57.6 Å². The van der Waals surface area contributed by atoms with Gasteiger partial charge in [0, 0.05) is 31.9 Å². The number of nitrogens with one attached hydrogen (secondary N) is 2. The molecular weight excluding hydrogens is 362 g/mol. The van der Waals surface area contributed by atoms with E-state index < -0.39 is 0 Å². The molecule has 156 valence electrons. The third-order valence-corrected chi connectivity index (χ3v) is 6.18. The van der Waals surface area contributed by atoms with Crippen molar-refractivity contribution in [3.05, 3.63) is 42.0 Å². The van der Waals surface area contributed by atoms with Crippen LogP contribution in [0.4, 0.5) is 11.6 Å². The summed E-state index contributed by atoms with van der Waals surface area (Å²) in [7, 11) is 4.09.